The number of rotatable bonds is 1. The first kappa shape index (κ1) is 11.9. The lowest BCUT2D eigenvalue weighted by atomic mass is 10.00. The minimum atomic E-state index is -0.394. The molecule has 0 N–H and O–H groups in total. The van der Waals surface area contributed by atoms with Crippen molar-refractivity contribution in [3.8, 4) is 5.75 Å². The molecular weight excluding hydrogens is 319 g/mol. The van der Waals surface area contributed by atoms with Crippen molar-refractivity contribution in [2.45, 2.75) is 12.5 Å². The first-order valence-electron chi connectivity index (χ1n) is 5.38. The Kier molecular flexibility index (Phi) is 2.95. The van der Waals surface area contributed by atoms with Gasteiger partial charge in [-0.2, -0.15) is 0 Å². The summed E-state index contributed by atoms with van der Waals surface area (Å²) in [4.78, 5) is 12.9. The predicted molar refractivity (Wildman–Crippen MR) is 70.7 cm³/mol. The van der Waals surface area contributed by atoms with Crippen LogP contribution in [0.4, 0.5) is 4.39 Å². The molecule has 5 heteroatoms. The van der Waals surface area contributed by atoms with Gasteiger partial charge in [-0.3, -0.25) is 4.79 Å². The van der Waals surface area contributed by atoms with Gasteiger partial charge in [-0.25, -0.2) is 4.39 Å². The van der Waals surface area contributed by atoms with E-state index in [0.29, 0.717) is 17.7 Å². The molecular formula is C13H8BrFO2S. The molecule has 0 radical (unpaired) electrons. The normalized spacial score (nSPS) is 18.3. The van der Waals surface area contributed by atoms with Gasteiger partial charge in [0.25, 0.3) is 0 Å². The number of thiophene rings is 1. The molecule has 18 heavy (non-hydrogen) atoms. The van der Waals surface area contributed by atoms with Gasteiger partial charge >= 0.3 is 0 Å². The summed E-state index contributed by atoms with van der Waals surface area (Å²) in [5, 5.41) is 0. The number of fused-ring (bicyclic) bond motifs is 1. The second-order valence-electron chi connectivity index (χ2n) is 4.02. The molecule has 2 aromatic rings. The van der Waals surface area contributed by atoms with Gasteiger partial charge in [0.05, 0.1) is 15.8 Å². The first-order chi connectivity index (χ1) is 8.63. The van der Waals surface area contributed by atoms with Crippen molar-refractivity contribution in [1.29, 1.82) is 0 Å². The zero-order valence-corrected chi connectivity index (χ0v) is 11.6. The van der Waals surface area contributed by atoms with Crippen molar-refractivity contribution in [2.75, 3.05) is 0 Å². The zero-order chi connectivity index (χ0) is 12.7. The van der Waals surface area contributed by atoms with Crippen LogP contribution in [0.25, 0.3) is 0 Å². The highest BCUT2D eigenvalue weighted by atomic mass is 79.9. The van der Waals surface area contributed by atoms with Crippen molar-refractivity contribution in [3.63, 3.8) is 0 Å². The Labute approximate surface area is 116 Å². The van der Waals surface area contributed by atoms with Crippen molar-refractivity contribution < 1.29 is 13.9 Å². The van der Waals surface area contributed by atoms with Crippen LogP contribution in [0.1, 0.15) is 27.8 Å². The van der Waals surface area contributed by atoms with Crippen molar-refractivity contribution in [2.24, 2.45) is 0 Å². The van der Waals surface area contributed by atoms with Crippen LogP contribution in [-0.2, 0) is 0 Å². The predicted octanol–water partition coefficient (Wildman–Crippen LogP) is 4.36. The summed E-state index contributed by atoms with van der Waals surface area (Å²) in [6, 6.07) is 7.85. The maximum absolute atomic E-state index is 13.2. The molecule has 92 valence electrons. The summed E-state index contributed by atoms with van der Waals surface area (Å²) in [5.41, 5.74) is 0.461. The SMILES string of the molecule is O=C1CC(c2ccc(Br)s2)Oc2cc(F)ccc21. The van der Waals surface area contributed by atoms with E-state index in [1.54, 1.807) is 0 Å². The van der Waals surface area contributed by atoms with Crippen LogP contribution in [0, 0.1) is 5.82 Å². The fourth-order valence-corrected chi connectivity index (χ4v) is 3.41. The summed E-state index contributed by atoms with van der Waals surface area (Å²) in [5.74, 6) is -0.0684. The van der Waals surface area contributed by atoms with E-state index < -0.39 is 5.82 Å². The van der Waals surface area contributed by atoms with Gasteiger partial charge in [-0.15, -0.1) is 11.3 Å². The Morgan fingerprint density at radius 3 is 2.89 bits per heavy atom. The highest BCUT2D eigenvalue weighted by Gasteiger charge is 2.28. The smallest absolute Gasteiger partial charge is 0.170 e. The molecule has 0 aliphatic carbocycles. The molecule has 0 spiro atoms. The van der Waals surface area contributed by atoms with E-state index in [4.69, 9.17) is 4.74 Å². The summed E-state index contributed by atoms with van der Waals surface area (Å²) in [7, 11) is 0. The molecule has 0 saturated heterocycles. The van der Waals surface area contributed by atoms with Gasteiger partial charge in [0, 0.05) is 10.9 Å². The minimum absolute atomic E-state index is 0.00854. The second kappa shape index (κ2) is 4.48. The number of halogens is 2. The Morgan fingerprint density at radius 2 is 2.17 bits per heavy atom. The third-order valence-electron chi connectivity index (χ3n) is 2.80. The molecule has 0 amide bonds. The Balaban J connectivity index is 1.98. The molecule has 1 aromatic heterocycles. The number of carbonyl (C=O) groups is 1. The van der Waals surface area contributed by atoms with Gasteiger partial charge in [0.2, 0.25) is 0 Å². The molecule has 2 heterocycles. The molecule has 0 bridgehead atoms. The summed E-state index contributed by atoms with van der Waals surface area (Å²) >= 11 is 4.90. The largest absolute Gasteiger partial charge is 0.484 e. The standard InChI is InChI=1S/C13H8BrFO2S/c14-13-4-3-12(18-13)11-6-9(16)8-2-1-7(15)5-10(8)17-11/h1-5,11H,6H2. The fourth-order valence-electron chi connectivity index (χ4n) is 1.96. The molecule has 3 rings (SSSR count). The Hall–Kier alpha value is -1.20. The van der Waals surface area contributed by atoms with Crippen LogP contribution in [0.15, 0.2) is 34.1 Å². The van der Waals surface area contributed by atoms with E-state index in [0.717, 1.165) is 8.66 Å². The van der Waals surface area contributed by atoms with Gasteiger partial charge < -0.3 is 4.74 Å². The molecule has 2 nitrogen and oxygen atoms in total. The van der Waals surface area contributed by atoms with E-state index in [1.165, 1.54) is 29.5 Å². The van der Waals surface area contributed by atoms with Gasteiger partial charge in [-0.1, -0.05) is 0 Å². The first-order valence-corrected chi connectivity index (χ1v) is 6.99. The van der Waals surface area contributed by atoms with E-state index >= 15 is 0 Å². The second-order valence-corrected chi connectivity index (χ2v) is 6.51. The van der Waals surface area contributed by atoms with E-state index in [1.807, 2.05) is 12.1 Å². The maximum atomic E-state index is 13.2. The highest BCUT2D eigenvalue weighted by molar-refractivity contribution is 9.11. The third-order valence-corrected chi connectivity index (χ3v) is 4.51. The van der Waals surface area contributed by atoms with Gasteiger partial charge in [0.1, 0.15) is 17.7 Å². The molecule has 1 atom stereocenters. The molecule has 0 fully saturated rings. The van der Waals surface area contributed by atoms with Crippen LogP contribution in [0.2, 0.25) is 0 Å². The third kappa shape index (κ3) is 2.08. The highest BCUT2D eigenvalue weighted by Crippen LogP contribution is 2.38. The number of ketones is 1. The molecule has 1 aliphatic heterocycles. The van der Waals surface area contributed by atoms with Gasteiger partial charge in [-0.05, 0) is 40.2 Å². The maximum Gasteiger partial charge on any atom is 0.170 e. The fraction of sp³-hybridized carbons (Fsp3) is 0.154. The van der Waals surface area contributed by atoms with E-state index in [-0.39, 0.29) is 11.9 Å². The average molecular weight is 327 g/mol. The molecule has 1 aliphatic rings. The lowest BCUT2D eigenvalue weighted by molar-refractivity contribution is 0.0853. The van der Waals surface area contributed by atoms with Crippen molar-refractivity contribution >= 4 is 33.0 Å². The molecule has 1 unspecified atom stereocenters. The average Bonchev–Trinajstić information content (AvgIpc) is 2.75. The number of Topliss-reactive ketones (excluding diaryl/α,β-unsaturated/α-hetero) is 1. The van der Waals surface area contributed by atoms with Crippen LogP contribution < -0.4 is 4.74 Å². The van der Waals surface area contributed by atoms with E-state index in [2.05, 4.69) is 15.9 Å². The number of hydrogen-bond acceptors (Lipinski definition) is 3. The monoisotopic (exact) mass is 326 g/mol. The summed E-state index contributed by atoms with van der Waals surface area (Å²) in [6.45, 7) is 0. The number of carbonyl (C=O) groups excluding carboxylic acids is 1. The van der Waals surface area contributed by atoms with Crippen molar-refractivity contribution in [1.82, 2.24) is 0 Å². The number of ether oxygens (including phenoxy) is 1. The minimum Gasteiger partial charge on any atom is -0.484 e. The lowest BCUT2D eigenvalue weighted by Crippen LogP contribution is -2.19. The van der Waals surface area contributed by atoms with Crippen LogP contribution in [-0.4, -0.2) is 5.78 Å². The van der Waals surface area contributed by atoms with Crippen molar-refractivity contribution in [3.05, 3.63) is 50.4 Å². The lowest BCUT2D eigenvalue weighted by Gasteiger charge is -2.24. The van der Waals surface area contributed by atoms with Gasteiger partial charge in [0.15, 0.2) is 5.78 Å². The van der Waals surface area contributed by atoms with Crippen LogP contribution >= 0.6 is 27.3 Å². The summed E-state index contributed by atoms with van der Waals surface area (Å²) < 4.78 is 19.9. The zero-order valence-electron chi connectivity index (χ0n) is 9.15. The Morgan fingerprint density at radius 1 is 1.33 bits per heavy atom. The molecule has 1 aromatic carbocycles. The number of hydrogen-bond donors (Lipinski definition) is 0. The van der Waals surface area contributed by atoms with E-state index in [9.17, 15) is 9.18 Å². The molecule has 0 saturated carbocycles. The van der Waals surface area contributed by atoms with Crippen LogP contribution in [0.5, 0.6) is 5.75 Å². The van der Waals surface area contributed by atoms with Crippen LogP contribution in [0.3, 0.4) is 0 Å². The summed E-state index contributed by atoms with van der Waals surface area (Å²) in [6.07, 6.45) is -0.0194. The Bertz CT molecular complexity index is 623. The quantitative estimate of drug-likeness (QED) is 0.778. The number of benzene rings is 1. The topological polar surface area (TPSA) is 26.3 Å².